The molecule has 0 spiro atoms. The maximum Gasteiger partial charge on any atom is 0.275 e. The molecule has 0 bridgehead atoms. The number of H-pyrrole nitrogens is 1. The Bertz CT molecular complexity index is 1080. The summed E-state index contributed by atoms with van der Waals surface area (Å²) in [6, 6.07) is 15.9. The van der Waals surface area contributed by atoms with Gasteiger partial charge in [0.1, 0.15) is 11.5 Å². The van der Waals surface area contributed by atoms with Gasteiger partial charge in [-0.15, -0.1) is 0 Å². The van der Waals surface area contributed by atoms with Crippen LogP contribution in [0.4, 0.5) is 11.5 Å². The molecule has 0 aliphatic carbocycles. The van der Waals surface area contributed by atoms with Crippen molar-refractivity contribution in [1.29, 1.82) is 0 Å². The SMILES string of the molecule is Cc1ccc(NC(=O)c2cnc(NCCc3c[nH]c4ccccc34)cn2)cc1. The van der Waals surface area contributed by atoms with Crippen molar-refractivity contribution in [3.05, 3.63) is 83.9 Å². The summed E-state index contributed by atoms with van der Waals surface area (Å²) in [7, 11) is 0. The highest BCUT2D eigenvalue weighted by Crippen LogP contribution is 2.18. The van der Waals surface area contributed by atoms with E-state index < -0.39 is 0 Å². The van der Waals surface area contributed by atoms with Gasteiger partial charge in [-0.3, -0.25) is 4.79 Å². The lowest BCUT2D eigenvalue weighted by Crippen LogP contribution is -2.15. The highest BCUT2D eigenvalue weighted by Gasteiger charge is 2.09. The van der Waals surface area contributed by atoms with Crippen molar-refractivity contribution in [2.24, 2.45) is 0 Å². The molecule has 4 rings (SSSR count). The van der Waals surface area contributed by atoms with E-state index in [9.17, 15) is 4.79 Å². The summed E-state index contributed by atoms with van der Waals surface area (Å²) in [5.74, 6) is 0.369. The Labute approximate surface area is 163 Å². The Hall–Kier alpha value is -3.67. The van der Waals surface area contributed by atoms with E-state index in [0.29, 0.717) is 5.82 Å². The molecule has 0 unspecified atom stereocenters. The van der Waals surface area contributed by atoms with Gasteiger partial charge in [0, 0.05) is 29.3 Å². The van der Waals surface area contributed by atoms with Gasteiger partial charge in [0.25, 0.3) is 5.91 Å². The summed E-state index contributed by atoms with van der Waals surface area (Å²) in [6.07, 6.45) is 5.97. The number of carbonyl (C=O) groups is 1. The van der Waals surface area contributed by atoms with E-state index in [1.54, 1.807) is 6.20 Å². The van der Waals surface area contributed by atoms with Crippen molar-refractivity contribution >= 4 is 28.3 Å². The second-order valence-electron chi connectivity index (χ2n) is 6.64. The lowest BCUT2D eigenvalue weighted by atomic mass is 10.1. The number of rotatable bonds is 6. The average Bonchev–Trinajstić information content (AvgIpc) is 3.13. The number of fused-ring (bicyclic) bond motifs is 1. The molecule has 0 aliphatic heterocycles. The van der Waals surface area contributed by atoms with E-state index in [4.69, 9.17) is 0 Å². The van der Waals surface area contributed by atoms with Crippen LogP contribution in [-0.4, -0.2) is 27.4 Å². The molecule has 0 saturated heterocycles. The van der Waals surface area contributed by atoms with Crippen LogP contribution < -0.4 is 10.6 Å². The van der Waals surface area contributed by atoms with E-state index >= 15 is 0 Å². The minimum Gasteiger partial charge on any atom is -0.368 e. The number of aromatic amines is 1. The predicted molar refractivity (Wildman–Crippen MR) is 112 cm³/mol. The third-order valence-corrected chi connectivity index (χ3v) is 4.57. The van der Waals surface area contributed by atoms with Crippen LogP contribution in [0.15, 0.2) is 67.1 Å². The largest absolute Gasteiger partial charge is 0.368 e. The number of carbonyl (C=O) groups excluding carboxylic acids is 1. The molecule has 0 fully saturated rings. The number of hydrogen-bond acceptors (Lipinski definition) is 4. The molecule has 140 valence electrons. The minimum atomic E-state index is -0.276. The monoisotopic (exact) mass is 371 g/mol. The van der Waals surface area contributed by atoms with E-state index in [1.807, 2.05) is 49.5 Å². The van der Waals surface area contributed by atoms with Gasteiger partial charge < -0.3 is 15.6 Å². The van der Waals surface area contributed by atoms with Gasteiger partial charge in [-0.1, -0.05) is 35.9 Å². The van der Waals surface area contributed by atoms with Crippen molar-refractivity contribution in [2.75, 3.05) is 17.2 Å². The quantitative estimate of drug-likeness (QED) is 0.475. The average molecular weight is 371 g/mol. The standard InChI is InChI=1S/C22H21N5O/c1-15-6-8-17(9-7-15)27-22(28)20-13-26-21(14-25-20)23-11-10-16-12-24-19-5-3-2-4-18(16)19/h2-9,12-14,24H,10-11H2,1H3,(H,23,26)(H,27,28). The Morgan fingerprint density at radius 1 is 1.04 bits per heavy atom. The zero-order chi connectivity index (χ0) is 19.3. The van der Waals surface area contributed by atoms with Crippen LogP contribution in [0.25, 0.3) is 10.9 Å². The van der Waals surface area contributed by atoms with Crippen LogP contribution in [0.1, 0.15) is 21.6 Å². The predicted octanol–water partition coefficient (Wildman–Crippen LogP) is 4.17. The first-order valence-electron chi connectivity index (χ1n) is 9.18. The van der Waals surface area contributed by atoms with E-state index in [-0.39, 0.29) is 11.6 Å². The second kappa shape index (κ2) is 7.92. The Balaban J connectivity index is 1.33. The highest BCUT2D eigenvalue weighted by atomic mass is 16.1. The zero-order valence-corrected chi connectivity index (χ0v) is 15.6. The number of nitrogens with zero attached hydrogens (tertiary/aromatic N) is 2. The van der Waals surface area contributed by atoms with Gasteiger partial charge in [0.15, 0.2) is 0 Å². The van der Waals surface area contributed by atoms with Crippen molar-refractivity contribution in [3.63, 3.8) is 0 Å². The third kappa shape index (κ3) is 4.01. The topological polar surface area (TPSA) is 82.7 Å². The van der Waals surface area contributed by atoms with Crippen LogP contribution in [0.5, 0.6) is 0 Å². The molecule has 6 nitrogen and oxygen atoms in total. The Morgan fingerprint density at radius 2 is 1.86 bits per heavy atom. The maximum atomic E-state index is 12.3. The number of aryl methyl sites for hydroxylation is 1. The number of nitrogens with one attached hydrogen (secondary N) is 3. The Morgan fingerprint density at radius 3 is 2.64 bits per heavy atom. The van der Waals surface area contributed by atoms with E-state index in [2.05, 4.69) is 37.7 Å². The van der Waals surface area contributed by atoms with Gasteiger partial charge in [0.2, 0.25) is 0 Å². The van der Waals surface area contributed by atoms with Crippen LogP contribution in [0.3, 0.4) is 0 Å². The molecule has 2 aromatic carbocycles. The van der Waals surface area contributed by atoms with Gasteiger partial charge in [0.05, 0.1) is 12.4 Å². The van der Waals surface area contributed by atoms with Crippen LogP contribution in [0.2, 0.25) is 0 Å². The molecule has 28 heavy (non-hydrogen) atoms. The number of anilines is 2. The molecule has 1 amide bonds. The lowest BCUT2D eigenvalue weighted by molar-refractivity contribution is 0.102. The van der Waals surface area contributed by atoms with Crippen LogP contribution in [-0.2, 0) is 6.42 Å². The highest BCUT2D eigenvalue weighted by molar-refractivity contribution is 6.02. The van der Waals surface area contributed by atoms with Crippen molar-refractivity contribution in [3.8, 4) is 0 Å². The summed E-state index contributed by atoms with van der Waals surface area (Å²) < 4.78 is 0. The third-order valence-electron chi connectivity index (χ3n) is 4.57. The molecular formula is C22H21N5O. The minimum absolute atomic E-state index is 0.276. The van der Waals surface area contributed by atoms with Crippen LogP contribution in [0, 0.1) is 6.92 Å². The fourth-order valence-corrected chi connectivity index (χ4v) is 3.03. The van der Waals surface area contributed by atoms with Gasteiger partial charge in [-0.05, 0) is 37.1 Å². The lowest BCUT2D eigenvalue weighted by Gasteiger charge is -2.07. The summed E-state index contributed by atoms with van der Waals surface area (Å²) in [5.41, 5.74) is 4.55. The second-order valence-corrected chi connectivity index (χ2v) is 6.64. The molecule has 0 atom stereocenters. The number of amides is 1. The maximum absolute atomic E-state index is 12.3. The summed E-state index contributed by atoms with van der Waals surface area (Å²) >= 11 is 0. The zero-order valence-electron chi connectivity index (χ0n) is 15.6. The van der Waals surface area contributed by atoms with Crippen LogP contribution >= 0.6 is 0 Å². The summed E-state index contributed by atoms with van der Waals surface area (Å²) in [4.78, 5) is 24.1. The molecule has 2 heterocycles. The molecule has 0 radical (unpaired) electrons. The Kier molecular flexibility index (Phi) is 5.01. The number of benzene rings is 2. The number of hydrogen-bond donors (Lipinski definition) is 3. The fourth-order valence-electron chi connectivity index (χ4n) is 3.03. The number of para-hydroxylation sites is 1. The first-order chi connectivity index (χ1) is 13.7. The normalized spacial score (nSPS) is 10.8. The first kappa shape index (κ1) is 17.7. The molecule has 3 N–H and O–H groups in total. The van der Waals surface area contributed by atoms with Gasteiger partial charge in [-0.25, -0.2) is 9.97 Å². The summed E-state index contributed by atoms with van der Waals surface area (Å²) in [5, 5.41) is 7.30. The van der Waals surface area contributed by atoms with Gasteiger partial charge in [-0.2, -0.15) is 0 Å². The van der Waals surface area contributed by atoms with Gasteiger partial charge >= 0.3 is 0 Å². The first-order valence-corrected chi connectivity index (χ1v) is 9.18. The van der Waals surface area contributed by atoms with Crippen molar-refractivity contribution < 1.29 is 4.79 Å². The van der Waals surface area contributed by atoms with E-state index in [1.165, 1.54) is 17.1 Å². The van der Waals surface area contributed by atoms with Crippen molar-refractivity contribution in [2.45, 2.75) is 13.3 Å². The molecule has 4 aromatic rings. The molecule has 2 aromatic heterocycles. The van der Waals surface area contributed by atoms with E-state index in [0.717, 1.165) is 29.7 Å². The number of aromatic nitrogens is 3. The van der Waals surface area contributed by atoms with Crippen molar-refractivity contribution in [1.82, 2.24) is 15.0 Å². The molecular weight excluding hydrogens is 350 g/mol. The molecule has 0 saturated carbocycles. The fraction of sp³-hybridized carbons (Fsp3) is 0.136. The molecule has 6 heteroatoms. The summed E-state index contributed by atoms with van der Waals surface area (Å²) in [6.45, 7) is 2.73. The molecule has 0 aliphatic rings. The smallest absolute Gasteiger partial charge is 0.275 e.